The fourth-order valence-electron chi connectivity index (χ4n) is 3.99. The summed E-state index contributed by atoms with van der Waals surface area (Å²) in [7, 11) is 0. The number of hydrogen-bond donors (Lipinski definition) is 2. The molecule has 0 bridgehead atoms. The second-order valence-electron chi connectivity index (χ2n) is 7.31. The molecule has 5 rings (SSSR count). The monoisotopic (exact) mass is 402 g/mol. The third-order valence-corrected chi connectivity index (χ3v) is 5.43. The van der Waals surface area contributed by atoms with Crippen molar-refractivity contribution in [2.75, 3.05) is 18.8 Å². The number of benzene rings is 2. The first-order valence-corrected chi connectivity index (χ1v) is 10.00. The average Bonchev–Trinajstić information content (AvgIpc) is 3.09. The van der Waals surface area contributed by atoms with Crippen LogP contribution in [0.25, 0.3) is 16.9 Å². The lowest BCUT2D eigenvalue weighted by Gasteiger charge is -2.23. The van der Waals surface area contributed by atoms with E-state index in [-0.39, 0.29) is 17.5 Å². The molecule has 8 heteroatoms. The highest BCUT2D eigenvalue weighted by Gasteiger charge is 2.25. The summed E-state index contributed by atoms with van der Waals surface area (Å²) in [6.45, 7) is 1.74. The van der Waals surface area contributed by atoms with Crippen molar-refractivity contribution in [3.8, 4) is 17.2 Å². The number of imidazole rings is 1. The van der Waals surface area contributed by atoms with Crippen LogP contribution in [0.2, 0.25) is 0 Å². The van der Waals surface area contributed by atoms with Crippen molar-refractivity contribution >= 4 is 17.0 Å². The molecule has 8 nitrogen and oxygen atoms in total. The third kappa shape index (κ3) is 3.21. The Morgan fingerprint density at radius 2 is 1.67 bits per heavy atom. The molecule has 2 aromatic heterocycles. The maximum absolute atomic E-state index is 13.5. The lowest BCUT2D eigenvalue weighted by atomic mass is 10.1. The number of aromatic nitrogens is 4. The Bertz CT molecular complexity index is 1220. The van der Waals surface area contributed by atoms with Gasteiger partial charge in [0.2, 0.25) is 0 Å². The summed E-state index contributed by atoms with van der Waals surface area (Å²) in [6.07, 6.45) is 3.15. The lowest BCUT2D eigenvalue weighted by Crippen LogP contribution is -2.34. The zero-order valence-electron chi connectivity index (χ0n) is 16.4. The number of anilines is 1. The first-order valence-electron chi connectivity index (χ1n) is 10.00. The minimum absolute atomic E-state index is 0.0810. The predicted molar refractivity (Wildman–Crippen MR) is 115 cm³/mol. The van der Waals surface area contributed by atoms with E-state index in [9.17, 15) is 4.79 Å². The van der Waals surface area contributed by atoms with Crippen molar-refractivity contribution < 1.29 is 4.74 Å². The van der Waals surface area contributed by atoms with E-state index in [4.69, 9.17) is 10.5 Å². The molecule has 0 atom stereocenters. The van der Waals surface area contributed by atoms with E-state index < -0.39 is 0 Å². The van der Waals surface area contributed by atoms with E-state index in [0.29, 0.717) is 22.6 Å². The van der Waals surface area contributed by atoms with Crippen molar-refractivity contribution in [2.45, 2.75) is 18.9 Å². The summed E-state index contributed by atoms with van der Waals surface area (Å²) in [6, 6.07) is 17.0. The summed E-state index contributed by atoms with van der Waals surface area (Å²) < 4.78 is 9.22. The van der Waals surface area contributed by atoms with Crippen molar-refractivity contribution in [2.24, 2.45) is 0 Å². The summed E-state index contributed by atoms with van der Waals surface area (Å²) in [5, 5.41) is 3.33. The van der Waals surface area contributed by atoms with Crippen LogP contribution in [0, 0.1) is 0 Å². The molecule has 2 aromatic carbocycles. The largest absolute Gasteiger partial charge is 0.457 e. The van der Waals surface area contributed by atoms with Crippen LogP contribution >= 0.6 is 0 Å². The molecule has 0 radical (unpaired) electrons. The van der Waals surface area contributed by atoms with Gasteiger partial charge in [-0.25, -0.2) is 14.8 Å². The second kappa shape index (κ2) is 7.64. The van der Waals surface area contributed by atoms with Gasteiger partial charge in [-0.15, -0.1) is 0 Å². The van der Waals surface area contributed by atoms with Gasteiger partial charge in [0.1, 0.15) is 23.3 Å². The van der Waals surface area contributed by atoms with E-state index in [1.54, 1.807) is 9.13 Å². The minimum atomic E-state index is -0.152. The van der Waals surface area contributed by atoms with Gasteiger partial charge in [0.05, 0.1) is 5.69 Å². The van der Waals surface area contributed by atoms with Crippen LogP contribution in [0.1, 0.15) is 18.9 Å². The van der Waals surface area contributed by atoms with Crippen LogP contribution in [-0.4, -0.2) is 32.2 Å². The molecule has 3 N–H and O–H groups in total. The van der Waals surface area contributed by atoms with Crippen LogP contribution in [0.5, 0.6) is 11.5 Å². The maximum atomic E-state index is 13.5. The maximum Gasteiger partial charge on any atom is 0.335 e. The fraction of sp³-hybridized carbons (Fsp3) is 0.227. The van der Waals surface area contributed by atoms with Crippen LogP contribution in [-0.2, 0) is 0 Å². The van der Waals surface area contributed by atoms with Gasteiger partial charge in [-0.3, -0.25) is 9.13 Å². The Morgan fingerprint density at radius 3 is 2.40 bits per heavy atom. The van der Waals surface area contributed by atoms with Crippen LogP contribution in [0.15, 0.2) is 65.7 Å². The number of nitrogens with zero attached hydrogens (tertiary/aromatic N) is 4. The van der Waals surface area contributed by atoms with Crippen LogP contribution in [0.3, 0.4) is 0 Å². The van der Waals surface area contributed by atoms with Gasteiger partial charge < -0.3 is 15.8 Å². The van der Waals surface area contributed by atoms with Crippen molar-refractivity contribution in [1.29, 1.82) is 0 Å². The molecule has 152 valence electrons. The standard InChI is InChI=1S/C22H22N6O2/c23-20-19-21(26-14-25-20)28(16-10-12-24-13-11-16)22(29)27(19)15-6-8-18(9-7-15)30-17-4-2-1-3-5-17/h1-9,14,16,24H,10-13H2,(H2,23,25,26). The molecule has 4 aromatic rings. The number of para-hydroxylation sites is 1. The molecule has 0 unspecified atom stereocenters. The number of nitrogens with two attached hydrogens (primary N) is 1. The Morgan fingerprint density at radius 1 is 0.967 bits per heavy atom. The highest BCUT2D eigenvalue weighted by Crippen LogP contribution is 2.27. The highest BCUT2D eigenvalue weighted by atomic mass is 16.5. The Balaban J connectivity index is 1.59. The van der Waals surface area contributed by atoms with Crippen molar-refractivity contribution in [1.82, 2.24) is 24.4 Å². The summed E-state index contributed by atoms with van der Waals surface area (Å²) in [5.41, 5.74) is 7.83. The van der Waals surface area contributed by atoms with Crippen molar-refractivity contribution in [3.63, 3.8) is 0 Å². The first-order chi connectivity index (χ1) is 14.7. The molecular formula is C22H22N6O2. The normalized spacial score (nSPS) is 14.8. The number of rotatable bonds is 4. The topological polar surface area (TPSA) is 100.0 Å². The zero-order chi connectivity index (χ0) is 20.5. The van der Waals surface area contributed by atoms with Gasteiger partial charge in [-0.2, -0.15) is 0 Å². The molecule has 1 aliphatic heterocycles. The Hall–Kier alpha value is -3.65. The van der Waals surface area contributed by atoms with Gasteiger partial charge >= 0.3 is 5.69 Å². The zero-order valence-corrected chi connectivity index (χ0v) is 16.4. The molecule has 1 saturated heterocycles. The molecule has 0 aliphatic carbocycles. The smallest absolute Gasteiger partial charge is 0.335 e. The summed E-state index contributed by atoms with van der Waals surface area (Å²) in [5.74, 6) is 1.72. The quantitative estimate of drug-likeness (QED) is 0.544. The number of hydrogen-bond acceptors (Lipinski definition) is 6. The van der Waals surface area contributed by atoms with E-state index in [0.717, 1.165) is 31.7 Å². The average molecular weight is 402 g/mol. The highest BCUT2D eigenvalue weighted by molar-refractivity contribution is 5.84. The molecule has 0 saturated carbocycles. The fourth-order valence-corrected chi connectivity index (χ4v) is 3.99. The lowest BCUT2D eigenvalue weighted by molar-refractivity contribution is 0.366. The van der Waals surface area contributed by atoms with E-state index in [1.165, 1.54) is 6.33 Å². The molecule has 1 fully saturated rings. The van der Waals surface area contributed by atoms with Crippen molar-refractivity contribution in [3.05, 3.63) is 71.4 Å². The SMILES string of the molecule is Nc1ncnc2c1n(-c1ccc(Oc3ccccc3)cc1)c(=O)n2C1CCNCC1. The summed E-state index contributed by atoms with van der Waals surface area (Å²) in [4.78, 5) is 22.0. The van der Waals surface area contributed by atoms with Gasteiger partial charge in [0.15, 0.2) is 11.5 Å². The number of ether oxygens (including phenoxy) is 1. The summed E-state index contributed by atoms with van der Waals surface area (Å²) >= 11 is 0. The second-order valence-corrected chi connectivity index (χ2v) is 7.31. The van der Waals surface area contributed by atoms with Gasteiger partial charge in [-0.05, 0) is 62.3 Å². The molecule has 1 aliphatic rings. The van der Waals surface area contributed by atoms with E-state index >= 15 is 0 Å². The number of nitrogens with one attached hydrogen (secondary N) is 1. The number of piperidine rings is 1. The Kier molecular flexibility index (Phi) is 4.68. The molecule has 0 amide bonds. The predicted octanol–water partition coefficient (Wildman–Crippen LogP) is 2.88. The van der Waals surface area contributed by atoms with Crippen LogP contribution in [0.4, 0.5) is 5.82 Å². The molecular weight excluding hydrogens is 380 g/mol. The molecule has 0 spiro atoms. The van der Waals surface area contributed by atoms with Gasteiger partial charge in [-0.1, -0.05) is 18.2 Å². The third-order valence-electron chi connectivity index (χ3n) is 5.43. The van der Waals surface area contributed by atoms with E-state index in [2.05, 4.69) is 15.3 Å². The minimum Gasteiger partial charge on any atom is -0.457 e. The van der Waals surface area contributed by atoms with E-state index in [1.807, 2.05) is 54.6 Å². The van der Waals surface area contributed by atoms with Gasteiger partial charge in [0, 0.05) is 6.04 Å². The molecule has 30 heavy (non-hydrogen) atoms. The van der Waals surface area contributed by atoms with Crippen LogP contribution < -0.4 is 21.5 Å². The number of fused-ring (bicyclic) bond motifs is 1. The Labute approximate surface area is 172 Å². The first kappa shape index (κ1) is 18.4. The molecule has 3 heterocycles. The number of nitrogen functional groups attached to an aromatic ring is 1. The van der Waals surface area contributed by atoms with Gasteiger partial charge in [0.25, 0.3) is 0 Å².